The number of hydrogen-bond donors (Lipinski definition) is 0. The van der Waals surface area contributed by atoms with E-state index in [0.717, 1.165) is 34.4 Å². The number of nitrogens with zero attached hydrogens (tertiary/aromatic N) is 5. The van der Waals surface area contributed by atoms with E-state index in [9.17, 15) is 0 Å². The summed E-state index contributed by atoms with van der Waals surface area (Å²) in [6.07, 6.45) is 6.48. The summed E-state index contributed by atoms with van der Waals surface area (Å²) in [6, 6.07) is 30.8. The van der Waals surface area contributed by atoms with Crippen LogP contribution in [0.5, 0.6) is 0 Å². The van der Waals surface area contributed by atoms with E-state index in [4.69, 9.17) is 15.2 Å². The van der Waals surface area contributed by atoms with Crippen LogP contribution < -0.4 is 0 Å². The minimum atomic E-state index is 0.0665. The van der Waals surface area contributed by atoms with Crippen LogP contribution >= 0.6 is 0 Å². The van der Waals surface area contributed by atoms with Crippen LogP contribution in [0.1, 0.15) is 38.2 Å². The molecule has 6 nitrogen and oxygen atoms in total. The number of rotatable bonds is 8. The van der Waals surface area contributed by atoms with E-state index in [1.807, 2.05) is 42.5 Å². The van der Waals surface area contributed by atoms with Gasteiger partial charge in [0, 0.05) is 39.5 Å². The number of nitriles is 2. The molecule has 0 aliphatic heterocycles. The van der Waals surface area contributed by atoms with Crippen molar-refractivity contribution in [1.82, 2.24) is 14.9 Å². The van der Waals surface area contributed by atoms with Gasteiger partial charge in [0.2, 0.25) is 0 Å². The first-order valence-electron chi connectivity index (χ1n) is 13.6. The summed E-state index contributed by atoms with van der Waals surface area (Å²) in [4.78, 5) is 0. The number of para-hydroxylation sites is 1. The number of allylic oxidation sites excluding steroid dienone is 1. The van der Waals surface area contributed by atoms with Crippen LogP contribution in [0.15, 0.2) is 89.1 Å². The highest BCUT2D eigenvalue weighted by Gasteiger charge is 2.17. The molecule has 0 atom stereocenters. The predicted octanol–water partition coefficient (Wildman–Crippen LogP) is 8.68. The molecule has 0 saturated carbocycles. The van der Waals surface area contributed by atoms with Crippen LogP contribution in [0.4, 0.5) is 0 Å². The van der Waals surface area contributed by atoms with Crippen molar-refractivity contribution < 1.29 is 4.63 Å². The Labute approximate surface area is 232 Å². The number of aryl methyl sites for hydroxylation is 1. The fraction of sp³-hybridized carbons (Fsp3) is 0.176. The van der Waals surface area contributed by atoms with Crippen molar-refractivity contribution in [3.05, 3.63) is 90.0 Å². The molecule has 0 N–H and O–H groups in total. The molecule has 0 radical (unpaired) electrons. The van der Waals surface area contributed by atoms with Crippen molar-refractivity contribution in [2.45, 2.75) is 39.2 Å². The largest absolute Gasteiger partial charge is 0.340 e. The van der Waals surface area contributed by atoms with Crippen LogP contribution in [-0.2, 0) is 6.54 Å². The van der Waals surface area contributed by atoms with E-state index in [0.29, 0.717) is 11.0 Å². The average Bonchev–Trinajstić information content (AvgIpc) is 3.61. The van der Waals surface area contributed by atoms with Gasteiger partial charge in [0.15, 0.2) is 0 Å². The van der Waals surface area contributed by atoms with Gasteiger partial charge in [-0.3, -0.25) is 0 Å². The topological polar surface area (TPSA) is 91.4 Å². The van der Waals surface area contributed by atoms with Crippen LogP contribution in [0.3, 0.4) is 0 Å². The zero-order valence-electron chi connectivity index (χ0n) is 22.3. The Kier molecular flexibility index (Phi) is 6.83. The quantitative estimate of drug-likeness (QED) is 0.148. The summed E-state index contributed by atoms with van der Waals surface area (Å²) in [5.74, 6) is 0. The Morgan fingerprint density at radius 3 is 2.17 bits per heavy atom. The summed E-state index contributed by atoms with van der Waals surface area (Å²) < 4.78 is 7.69. The van der Waals surface area contributed by atoms with Crippen molar-refractivity contribution >= 4 is 38.9 Å². The molecule has 6 rings (SSSR count). The fourth-order valence-electron chi connectivity index (χ4n) is 5.51. The van der Waals surface area contributed by atoms with Gasteiger partial charge in [0.25, 0.3) is 0 Å². The van der Waals surface area contributed by atoms with Gasteiger partial charge < -0.3 is 4.57 Å². The Hall–Kier alpha value is -5.20. The molecule has 2 aromatic heterocycles. The van der Waals surface area contributed by atoms with E-state index in [-0.39, 0.29) is 5.57 Å². The van der Waals surface area contributed by atoms with Crippen LogP contribution in [0, 0.1) is 22.7 Å². The normalized spacial score (nSPS) is 11.1. The SMILES string of the molecule is CCCCCCn1c2ccccc2c2cc(-c3ccc(-c4ccc(C=C(C#N)C#N)cc4)c4nonc34)ccc21. The lowest BCUT2D eigenvalue weighted by Gasteiger charge is -2.09. The Balaban J connectivity index is 1.40. The third-order valence-electron chi connectivity index (χ3n) is 7.51. The second kappa shape index (κ2) is 10.9. The lowest BCUT2D eigenvalue weighted by molar-refractivity contribution is 0.315. The molecule has 0 bridgehead atoms. The standard InChI is InChI=1S/C34H27N5O/c1-2-3-4-7-18-39-31-9-6-5-8-29(31)30-20-26(14-17-32(30)39)28-16-15-27(33-34(28)38-40-37-33)25-12-10-23(11-13-25)19-24(21-35)22-36/h5-6,8-17,19-20H,2-4,7,18H2,1H3. The van der Waals surface area contributed by atoms with E-state index in [2.05, 4.69) is 70.3 Å². The third kappa shape index (κ3) is 4.51. The highest BCUT2D eigenvalue weighted by molar-refractivity contribution is 6.10. The van der Waals surface area contributed by atoms with Gasteiger partial charge in [-0.05, 0) is 57.7 Å². The average molecular weight is 522 g/mol. The maximum Gasteiger partial charge on any atom is 0.143 e. The molecule has 6 aromatic rings. The molecule has 0 fully saturated rings. The van der Waals surface area contributed by atoms with Crippen molar-refractivity contribution in [2.75, 3.05) is 0 Å². The Bertz CT molecular complexity index is 1950. The van der Waals surface area contributed by atoms with Crippen LogP contribution in [0.25, 0.3) is 61.2 Å². The number of benzene rings is 4. The van der Waals surface area contributed by atoms with Crippen molar-refractivity contribution in [1.29, 1.82) is 10.5 Å². The summed E-state index contributed by atoms with van der Waals surface area (Å²) in [5, 5.41) is 29.1. The number of aromatic nitrogens is 3. The second-order valence-electron chi connectivity index (χ2n) is 9.99. The first-order valence-corrected chi connectivity index (χ1v) is 13.6. The minimum Gasteiger partial charge on any atom is -0.340 e. The molecule has 0 amide bonds. The van der Waals surface area contributed by atoms with Gasteiger partial charge in [0.1, 0.15) is 28.7 Å². The van der Waals surface area contributed by atoms with Gasteiger partial charge in [-0.15, -0.1) is 0 Å². The van der Waals surface area contributed by atoms with E-state index in [1.165, 1.54) is 47.5 Å². The lowest BCUT2D eigenvalue weighted by atomic mass is 9.96. The van der Waals surface area contributed by atoms with Crippen molar-refractivity contribution in [2.24, 2.45) is 0 Å². The Morgan fingerprint density at radius 1 is 0.775 bits per heavy atom. The molecule has 0 aliphatic rings. The van der Waals surface area contributed by atoms with Crippen LogP contribution in [0.2, 0.25) is 0 Å². The minimum absolute atomic E-state index is 0.0665. The highest BCUT2D eigenvalue weighted by Crippen LogP contribution is 2.37. The van der Waals surface area contributed by atoms with Crippen molar-refractivity contribution in [3.63, 3.8) is 0 Å². The highest BCUT2D eigenvalue weighted by atomic mass is 16.6. The van der Waals surface area contributed by atoms with Gasteiger partial charge in [-0.2, -0.15) is 10.5 Å². The summed E-state index contributed by atoms with van der Waals surface area (Å²) >= 11 is 0. The molecule has 2 heterocycles. The zero-order chi connectivity index (χ0) is 27.5. The second-order valence-corrected chi connectivity index (χ2v) is 9.99. The van der Waals surface area contributed by atoms with Crippen LogP contribution in [-0.4, -0.2) is 14.9 Å². The van der Waals surface area contributed by atoms with E-state index < -0.39 is 0 Å². The molecular weight excluding hydrogens is 494 g/mol. The predicted molar refractivity (Wildman–Crippen MR) is 159 cm³/mol. The molecular formula is C34H27N5O. The Morgan fingerprint density at radius 2 is 1.45 bits per heavy atom. The van der Waals surface area contributed by atoms with Gasteiger partial charge in [0.05, 0.1) is 0 Å². The van der Waals surface area contributed by atoms with Gasteiger partial charge >= 0.3 is 0 Å². The third-order valence-corrected chi connectivity index (χ3v) is 7.51. The maximum absolute atomic E-state index is 9.03. The molecule has 4 aromatic carbocycles. The fourth-order valence-corrected chi connectivity index (χ4v) is 5.51. The monoisotopic (exact) mass is 521 g/mol. The maximum atomic E-state index is 9.03. The first kappa shape index (κ1) is 25.1. The number of fused-ring (bicyclic) bond motifs is 4. The lowest BCUT2D eigenvalue weighted by Crippen LogP contribution is -1.97. The van der Waals surface area contributed by atoms with Gasteiger partial charge in [-0.1, -0.05) is 86.8 Å². The molecule has 40 heavy (non-hydrogen) atoms. The van der Waals surface area contributed by atoms with E-state index >= 15 is 0 Å². The zero-order valence-corrected chi connectivity index (χ0v) is 22.3. The number of unbranched alkanes of at least 4 members (excludes halogenated alkanes) is 3. The first-order chi connectivity index (χ1) is 19.7. The molecule has 0 saturated heterocycles. The molecule has 6 heteroatoms. The summed E-state index contributed by atoms with van der Waals surface area (Å²) in [6.45, 7) is 3.26. The molecule has 0 spiro atoms. The smallest absolute Gasteiger partial charge is 0.143 e. The summed E-state index contributed by atoms with van der Waals surface area (Å²) in [7, 11) is 0. The number of hydrogen-bond acceptors (Lipinski definition) is 5. The van der Waals surface area contributed by atoms with Gasteiger partial charge in [-0.25, -0.2) is 4.63 Å². The molecule has 194 valence electrons. The molecule has 0 unspecified atom stereocenters. The van der Waals surface area contributed by atoms with E-state index in [1.54, 1.807) is 6.08 Å². The summed E-state index contributed by atoms with van der Waals surface area (Å²) in [5.41, 5.74) is 8.64. The van der Waals surface area contributed by atoms with Crippen molar-refractivity contribution in [3.8, 4) is 34.4 Å². The molecule has 0 aliphatic carbocycles.